The summed E-state index contributed by atoms with van der Waals surface area (Å²) >= 11 is 7.97. The van der Waals surface area contributed by atoms with Gasteiger partial charge in [0.05, 0.1) is 15.6 Å². The Morgan fingerprint density at radius 3 is 2.26 bits per heavy atom. The van der Waals surface area contributed by atoms with Crippen LogP contribution in [0.5, 0.6) is 0 Å². The summed E-state index contributed by atoms with van der Waals surface area (Å²) in [5, 5.41) is 15.5. The molecule has 0 saturated heterocycles. The molecule has 118 valence electrons. The lowest BCUT2D eigenvalue weighted by Gasteiger charge is -2.08. The summed E-state index contributed by atoms with van der Waals surface area (Å²) in [4.78, 5) is 33.8. The van der Waals surface area contributed by atoms with Crippen molar-refractivity contribution in [3.8, 4) is 0 Å². The van der Waals surface area contributed by atoms with E-state index in [-0.39, 0.29) is 16.4 Å². The molecule has 9 heteroatoms. The van der Waals surface area contributed by atoms with Crippen molar-refractivity contribution >= 4 is 63.1 Å². The Morgan fingerprint density at radius 1 is 1.04 bits per heavy atom. The number of nitro groups is 1. The zero-order valence-corrected chi connectivity index (χ0v) is 14.3. The summed E-state index contributed by atoms with van der Waals surface area (Å²) in [7, 11) is 0. The van der Waals surface area contributed by atoms with Gasteiger partial charge in [0.15, 0.2) is 0 Å². The molecule has 0 fully saturated rings. The van der Waals surface area contributed by atoms with Crippen LogP contribution in [0, 0.1) is 13.7 Å². The van der Waals surface area contributed by atoms with Crippen molar-refractivity contribution in [3.63, 3.8) is 0 Å². The highest BCUT2D eigenvalue weighted by Gasteiger charge is 2.17. The largest absolute Gasteiger partial charge is 0.318 e. The van der Waals surface area contributed by atoms with E-state index in [2.05, 4.69) is 33.2 Å². The molecule has 0 atom stereocenters. The minimum absolute atomic E-state index is 0.0105. The Bertz CT molecular complexity index is 780. The Labute approximate surface area is 149 Å². The summed E-state index contributed by atoms with van der Waals surface area (Å²) < 4.78 is 0.980. The average Bonchev–Trinajstić information content (AvgIpc) is 2.51. The van der Waals surface area contributed by atoms with Crippen LogP contribution in [0.3, 0.4) is 0 Å². The van der Waals surface area contributed by atoms with Crippen molar-refractivity contribution in [1.82, 2.24) is 0 Å². The molecule has 2 N–H and O–H groups in total. The molecule has 7 nitrogen and oxygen atoms in total. The number of carbonyl (C=O) groups is 2. The molecule has 0 aliphatic heterocycles. The fourth-order valence-electron chi connectivity index (χ4n) is 1.62. The maximum atomic E-state index is 11.9. The first kappa shape index (κ1) is 17.2. The molecule has 0 aromatic heterocycles. The minimum atomic E-state index is -0.981. The first-order valence-electron chi connectivity index (χ1n) is 6.18. The van der Waals surface area contributed by atoms with E-state index in [1.54, 1.807) is 24.3 Å². The van der Waals surface area contributed by atoms with Crippen LogP contribution in [0.25, 0.3) is 0 Å². The Hall–Kier alpha value is -2.20. The number of benzene rings is 2. The van der Waals surface area contributed by atoms with Gasteiger partial charge >= 0.3 is 11.8 Å². The summed E-state index contributed by atoms with van der Waals surface area (Å²) in [6.45, 7) is 0. The van der Waals surface area contributed by atoms with Gasteiger partial charge in [0.2, 0.25) is 0 Å². The first-order chi connectivity index (χ1) is 10.9. The van der Waals surface area contributed by atoms with Crippen LogP contribution in [0.1, 0.15) is 0 Å². The normalized spacial score (nSPS) is 10.0. The van der Waals surface area contributed by atoms with E-state index >= 15 is 0 Å². The molecule has 23 heavy (non-hydrogen) atoms. The number of amides is 2. The van der Waals surface area contributed by atoms with E-state index in [0.717, 1.165) is 9.64 Å². The monoisotopic (exact) mass is 445 g/mol. The molecular formula is C14H9ClIN3O4. The van der Waals surface area contributed by atoms with E-state index in [1.165, 1.54) is 12.1 Å². The van der Waals surface area contributed by atoms with Crippen LogP contribution in [-0.4, -0.2) is 16.7 Å². The lowest BCUT2D eigenvalue weighted by molar-refractivity contribution is -0.384. The third-order valence-electron chi connectivity index (χ3n) is 2.72. The van der Waals surface area contributed by atoms with E-state index in [0.29, 0.717) is 5.69 Å². The fraction of sp³-hybridized carbons (Fsp3) is 0. The zero-order chi connectivity index (χ0) is 17.0. The first-order valence-corrected chi connectivity index (χ1v) is 7.64. The van der Waals surface area contributed by atoms with Crippen molar-refractivity contribution in [3.05, 3.63) is 61.2 Å². The molecule has 0 unspecified atom stereocenters. The second kappa shape index (κ2) is 7.38. The maximum Gasteiger partial charge on any atom is 0.314 e. The van der Waals surface area contributed by atoms with Gasteiger partial charge in [-0.2, -0.15) is 0 Å². The minimum Gasteiger partial charge on any atom is -0.318 e. The highest BCUT2D eigenvalue weighted by atomic mass is 127. The molecule has 0 heterocycles. The SMILES string of the molecule is O=C(Nc1ccc(I)cc1)C(=O)Nc1cc([N+](=O)[O-])ccc1Cl. The van der Waals surface area contributed by atoms with Gasteiger partial charge in [0.25, 0.3) is 5.69 Å². The molecule has 0 aliphatic rings. The van der Waals surface area contributed by atoms with Crippen LogP contribution in [0.15, 0.2) is 42.5 Å². The zero-order valence-electron chi connectivity index (χ0n) is 11.4. The van der Waals surface area contributed by atoms with E-state index in [1.807, 2.05) is 0 Å². The predicted molar refractivity (Wildman–Crippen MR) is 94.5 cm³/mol. The van der Waals surface area contributed by atoms with Gasteiger partial charge in [-0.15, -0.1) is 0 Å². The van der Waals surface area contributed by atoms with E-state index in [9.17, 15) is 19.7 Å². The lowest BCUT2D eigenvalue weighted by atomic mass is 10.2. The average molecular weight is 446 g/mol. The number of hydrogen-bond acceptors (Lipinski definition) is 4. The van der Waals surface area contributed by atoms with Gasteiger partial charge in [-0.3, -0.25) is 19.7 Å². The third kappa shape index (κ3) is 4.63. The van der Waals surface area contributed by atoms with Crippen LogP contribution < -0.4 is 10.6 Å². The molecule has 2 amide bonds. The molecular weight excluding hydrogens is 437 g/mol. The molecule has 2 aromatic carbocycles. The van der Waals surface area contributed by atoms with Gasteiger partial charge < -0.3 is 10.6 Å². The standard InChI is InChI=1S/C14H9ClIN3O4/c15-11-6-5-10(19(22)23)7-12(11)18-14(21)13(20)17-9-3-1-8(16)2-4-9/h1-7H,(H,17,20)(H,18,21). The molecule has 0 bridgehead atoms. The molecule has 0 radical (unpaired) electrons. The molecule has 0 saturated carbocycles. The number of rotatable bonds is 3. The van der Waals surface area contributed by atoms with Gasteiger partial charge in [0, 0.05) is 21.4 Å². The second-order valence-electron chi connectivity index (χ2n) is 4.34. The molecule has 0 spiro atoms. The van der Waals surface area contributed by atoms with E-state index in [4.69, 9.17) is 11.6 Å². The van der Waals surface area contributed by atoms with Gasteiger partial charge in [-0.1, -0.05) is 11.6 Å². The third-order valence-corrected chi connectivity index (χ3v) is 3.77. The smallest absolute Gasteiger partial charge is 0.314 e. The predicted octanol–water partition coefficient (Wildman–Crippen LogP) is 3.43. The molecule has 0 aliphatic carbocycles. The summed E-state index contributed by atoms with van der Waals surface area (Å²) in [5.41, 5.74) is 0.196. The van der Waals surface area contributed by atoms with Crippen molar-refractivity contribution in [2.75, 3.05) is 10.6 Å². The van der Waals surface area contributed by atoms with E-state index < -0.39 is 16.7 Å². The summed E-state index contributed by atoms with van der Waals surface area (Å²) in [6, 6.07) is 10.4. The fourth-order valence-corrected chi connectivity index (χ4v) is 2.15. The quantitative estimate of drug-likeness (QED) is 0.327. The Kier molecular flexibility index (Phi) is 5.50. The number of carbonyl (C=O) groups excluding carboxylic acids is 2. The molecule has 2 aromatic rings. The Morgan fingerprint density at radius 2 is 1.65 bits per heavy atom. The number of nitrogens with zero attached hydrogens (tertiary/aromatic N) is 1. The van der Waals surface area contributed by atoms with Gasteiger partial charge in [0.1, 0.15) is 0 Å². The highest BCUT2D eigenvalue weighted by Crippen LogP contribution is 2.26. The topological polar surface area (TPSA) is 101 Å². The van der Waals surface area contributed by atoms with Crippen LogP contribution in [-0.2, 0) is 9.59 Å². The highest BCUT2D eigenvalue weighted by molar-refractivity contribution is 14.1. The number of hydrogen-bond donors (Lipinski definition) is 2. The Balaban J connectivity index is 2.09. The number of non-ortho nitro benzene ring substituents is 1. The van der Waals surface area contributed by atoms with Crippen molar-refractivity contribution in [2.45, 2.75) is 0 Å². The van der Waals surface area contributed by atoms with Crippen molar-refractivity contribution in [1.29, 1.82) is 0 Å². The maximum absolute atomic E-state index is 11.9. The second-order valence-corrected chi connectivity index (χ2v) is 5.99. The summed E-state index contributed by atoms with van der Waals surface area (Å²) in [5.74, 6) is -1.89. The number of nitro benzene ring substituents is 1. The number of halogens is 2. The van der Waals surface area contributed by atoms with Crippen LogP contribution >= 0.6 is 34.2 Å². The van der Waals surface area contributed by atoms with Gasteiger partial charge in [-0.05, 0) is 52.9 Å². The van der Waals surface area contributed by atoms with Crippen LogP contribution in [0.4, 0.5) is 17.1 Å². The van der Waals surface area contributed by atoms with Crippen molar-refractivity contribution in [2.24, 2.45) is 0 Å². The van der Waals surface area contributed by atoms with Crippen LogP contribution in [0.2, 0.25) is 5.02 Å². The number of nitrogens with one attached hydrogen (secondary N) is 2. The molecule has 2 rings (SSSR count). The van der Waals surface area contributed by atoms with Gasteiger partial charge in [-0.25, -0.2) is 0 Å². The number of anilines is 2. The lowest BCUT2D eigenvalue weighted by Crippen LogP contribution is -2.29. The summed E-state index contributed by atoms with van der Waals surface area (Å²) in [6.07, 6.45) is 0. The van der Waals surface area contributed by atoms with Crippen molar-refractivity contribution < 1.29 is 14.5 Å².